The molecular weight excluding hydrogens is 262 g/mol. The van der Waals surface area contributed by atoms with Crippen LogP contribution in [0.25, 0.3) is 0 Å². The Kier molecular flexibility index (Phi) is 8.31. The summed E-state index contributed by atoms with van der Waals surface area (Å²) < 4.78 is 5.14. The lowest BCUT2D eigenvalue weighted by Gasteiger charge is -2.32. The van der Waals surface area contributed by atoms with Gasteiger partial charge < -0.3 is 10.1 Å². The van der Waals surface area contributed by atoms with Crippen molar-refractivity contribution in [2.24, 2.45) is 17.8 Å². The minimum atomic E-state index is 0.0110. The van der Waals surface area contributed by atoms with Gasteiger partial charge in [0.15, 0.2) is 0 Å². The third-order valence-electron chi connectivity index (χ3n) is 4.33. The Labute approximate surface area is 131 Å². The van der Waals surface area contributed by atoms with Crippen molar-refractivity contribution < 1.29 is 9.53 Å². The normalized spacial score (nSPS) is 23.0. The fraction of sp³-hybridized carbons (Fsp3) is 0.944. The van der Waals surface area contributed by atoms with Gasteiger partial charge in [-0.25, -0.2) is 0 Å². The topological polar surface area (TPSA) is 38.3 Å². The van der Waals surface area contributed by atoms with Crippen LogP contribution in [0, 0.1) is 17.8 Å². The monoisotopic (exact) mass is 297 g/mol. The van der Waals surface area contributed by atoms with Gasteiger partial charge in [0, 0.05) is 12.1 Å². The minimum Gasteiger partial charge on any atom is -0.466 e. The summed E-state index contributed by atoms with van der Waals surface area (Å²) in [6.45, 7) is 11.6. The first-order valence-corrected chi connectivity index (χ1v) is 8.85. The Hall–Kier alpha value is -0.570. The molecule has 1 aliphatic carbocycles. The molecule has 0 bridgehead atoms. The predicted molar refractivity (Wildman–Crippen MR) is 88.2 cm³/mol. The molecule has 0 aromatic rings. The van der Waals surface area contributed by atoms with Gasteiger partial charge in [-0.3, -0.25) is 4.79 Å². The highest BCUT2D eigenvalue weighted by Gasteiger charge is 2.28. The van der Waals surface area contributed by atoms with Gasteiger partial charge in [-0.1, -0.05) is 27.7 Å². The lowest BCUT2D eigenvalue weighted by molar-refractivity contribution is -0.149. The standard InChI is InChI=1S/C18H35NO2/c1-6-21-18(20)15-7-9-16(10-8-15)19-17(11-13(2)3)12-14(4)5/h13-17,19H,6-12H2,1-5H3. The summed E-state index contributed by atoms with van der Waals surface area (Å²) >= 11 is 0. The van der Waals surface area contributed by atoms with Crippen molar-refractivity contribution in [2.75, 3.05) is 6.61 Å². The highest BCUT2D eigenvalue weighted by molar-refractivity contribution is 5.72. The number of hydrogen-bond donors (Lipinski definition) is 1. The number of esters is 1. The molecule has 0 atom stereocenters. The predicted octanol–water partition coefficient (Wildman–Crippen LogP) is 4.16. The summed E-state index contributed by atoms with van der Waals surface area (Å²) in [6, 6.07) is 1.20. The summed E-state index contributed by atoms with van der Waals surface area (Å²) in [5.41, 5.74) is 0. The molecule has 21 heavy (non-hydrogen) atoms. The molecule has 0 aromatic carbocycles. The third kappa shape index (κ3) is 7.30. The van der Waals surface area contributed by atoms with Crippen molar-refractivity contribution in [2.45, 2.75) is 85.2 Å². The SMILES string of the molecule is CCOC(=O)C1CCC(NC(CC(C)C)CC(C)C)CC1. The number of ether oxygens (including phenoxy) is 1. The van der Waals surface area contributed by atoms with E-state index < -0.39 is 0 Å². The van der Waals surface area contributed by atoms with E-state index in [9.17, 15) is 4.79 Å². The van der Waals surface area contributed by atoms with Gasteiger partial charge in [0.25, 0.3) is 0 Å². The first-order chi connectivity index (χ1) is 9.92. The van der Waals surface area contributed by atoms with Crippen molar-refractivity contribution >= 4 is 5.97 Å². The molecule has 0 radical (unpaired) electrons. The number of rotatable bonds is 8. The molecule has 0 saturated heterocycles. The largest absolute Gasteiger partial charge is 0.466 e. The third-order valence-corrected chi connectivity index (χ3v) is 4.33. The van der Waals surface area contributed by atoms with E-state index in [1.807, 2.05) is 6.92 Å². The lowest BCUT2D eigenvalue weighted by Crippen LogP contribution is -2.42. The second-order valence-electron chi connectivity index (χ2n) is 7.42. The summed E-state index contributed by atoms with van der Waals surface area (Å²) in [6.07, 6.45) is 6.66. The molecule has 0 aliphatic heterocycles. The highest BCUT2D eigenvalue weighted by Crippen LogP contribution is 2.26. The van der Waals surface area contributed by atoms with Gasteiger partial charge in [-0.05, 0) is 57.3 Å². The molecule has 1 fully saturated rings. The van der Waals surface area contributed by atoms with E-state index in [1.165, 1.54) is 12.8 Å². The van der Waals surface area contributed by atoms with Crippen LogP contribution in [0.1, 0.15) is 73.1 Å². The average molecular weight is 297 g/mol. The number of carbonyl (C=O) groups excluding carboxylic acids is 1. The second kappa shape index (κ2) is 9.45. The van der Waals surface area contributed by atoms with Crippen LogP contribution < -0.4 is 5.32 Å². The first kappa shape index (κ1) is 18.5. The molecule has 3 heteroatoms. The molecule has 124 valence electrons. The fourth-order valence-electron chi connectivity index (χ4n) is 3.46. The van der Waals surface area contributed by atoms with E-state index in [2.05, 4.69) is 33.0 Å². The van der Waals surface area contributed by atoms with E-state index in [-0.39, 0.29) is 11.9 Å². The van der Waals surface area contributed by atoms with Gasteiger partial charge in [0.2, 0.25) is 0 Å². The van der Waals surface area contributed by atoms with Gasteiger partial charge in [-0.2, -0.15) is 0 Å². The van der Waals surface area contributed by atoms with Gasteiger partial charge in [-0.15, -0.1) is 0 Å². The lowest BCUT2D eigenvalue weighted by atomic mass is 9.85. The minimum absolute atomic E-state index is 0.0110. The van der Waals surface area contributed by atoms with E-state index in [0.29, 0.717) is 18.7 Å². The number of nitrogens with one attached hydrogen (secondary N) is 1. The maximum absolute atomic E-state index is 11.8. The molecule has 3 nitrogen and oxygen atoms in total. The van der Waals surface area contributed by atoms with Crippen LogP contribution in [0.4, 0.5) is 0 Å². The molecule has 0 aromatic heterocycles. The molecular formula is C18H35NO2. The van der Waals surface area contributed by atoms with Gasteiger partial charge in [0.1, 0.15) is 0 Å². The molecule has 1 N–H and O–H groups in total. The van der Waals surface area contributed by atoms with Crippen molar-refractivity contribution in [1.82, 2.24) is 5.32 Å². The molecule has 0 unspecified atom stereocenters. The van der Waals surface area contributed by atoms with Crippen LogP contribution in [0.3, 0.4) is 0 Å². The Bertz CT molecular complexity index is 284. The van der Waals surface area contributed by atoms with E-state index in [0.717, 1.165) is 37.5 Å². The molecule has 0 amide bonds. The first-order valence-electron chi connectivity index (χ1n) is 8.85. The molecule has 1 rings (SSSR count). The fourth-order valence-corrected chi connectivity index (χ4v) is 3.46. The Balaban J connectivity index is 2.39. The summed E-state index contributed by atoms with van der Waals surface area (Å²) in [7, 11) is 0. The average Bonchev–Trinajstić information content (AvgIpc) is 2.38. The Morgan fingerprint density at radius 2 is 1.57 bits per heavy atom. The van der Waals surface area contributed by atoms with Crippen molar-refractivity contribution in [3.63, 3.8) is 0 Å². The van der Waals surface area contributed by atoms with Crippen LogP contribution in [0.2, 0.25) is 0 Å². The Morgan fingerprint density at radius 1 is 1.05 bits per heavy atom. The Morgan fingerprint density at radius 3 is 2.00 bits per heavy atom. The zero-order chi connectivity index (χ0) is 15.8. The highest BCUT2D eigenvalue weighted by atomic mass is 16.5. The van der Waals surface area contributed by atoms with Crippen LogP contribution in [0.15, 0.2) is 0 Å². The number of hydrogen-bond acceptors (Lipinski definition) is 3. The second-order valence-corrected chi connectivity index (χ2v) is 7.42. The van der Waals surface area contributed by atoms with Gasteiger partial charge in [0.05, 0.1) is 12.5 Å². The zero-order valence-electron chi connectivity index (χ0n) is 14.7. The number of carbonyl (C=O) groups is 1. The van der Waals surface area contributed by atoms with Crippen LogP contribution >= 0.6 is 0 Å². The maximum atomic E-state index is 11.8. The van der Waals surface area contributed by atoms with Crippen LogP contribution in [-0.4, -0.2) is 24.7 Å². The quantitative estimate of drug-likeness (QED) is 0.684. The smallest absolute Gasteiger partial charge is 0.308 e. The summed E-state index contributed by atoms with van der Waals surface area (Å²) in [4.78, 5) is 11.8. The van der Waals surface area contributed by atoms with E-state index in [1.54, 1.807) is 0 Å². The summed E-state index contributed by atoms with van der Waals surface area (Å²) in [5, 5.41) is 3.86. The van der Waals surface area contributed by atoms with E-state index >= 15 is 0 Å². The molecule has 1 saturated carbocycles. The van der Waals surface area contributed by atoms with Crippen molar-refractivity contribution in [3.8, 4) is 0 Å². The molecule has 1 aliphatic rings. The summed E-state index contributed by atoms with van der Waals surface area (Å²) in [5.74, 6) is 1.61. The van der Waals surface area contributed by atoms with Crippen LogP contribution in [0.5, 0.6) is 0 Å². The molecule has 0 heterocycles. The zero-order valence-corrected chi connectivity index (χ0v) is 14.7. The van der Waals surface area contributed by atoms with Crippen molar-refractivity contribution in [1.29, 1.82) is 0 Å². The van der Waals surface area contributed by atoms with Crippen molar-refractivity contribution in [3.05, 3.63) is 0 Å². The maximum Gasteiger partial charge on any atom is 0.308 e. The molecule has 0 spiro atoms. The van der Waals surface area contributed by atoms with E-state index in [4.69, 9.17) is 4.74 Å². The van der Waals surface area contributed by atoms with Gasteiger partial charge >= 0.3 is 5.97 Å². The van der Waals surface area contributed by atoms with Crippen LogP contribution in [-0.2, 0) is 9.53 Å².